The number of benzene rings is 3. The number of nitrogens with one attached hydrogen (secondary N) is 4. The maximum Gasteiger partial charge on any atom is 0.323 e. The maximum atomic E-state index is 13.4. The third-order valence-corrected chi connectivity index (χ3v) is 29.4. The number of carbonyl (C=O) groups excluding carboxylic acids is 6. The molecule has 6 aromatic heterocycles. The Morgan fingerprint density at radius 1 is 0.396 bits per heavy atom. The predicted molar refractivity (Wildman–Crippen MR) is 511 cm³/mol. The second-order valence-corrected chi connectivity index (χ2v) is 43.2. The molecule has 4 aliphatic heterocycles. The van der Waals surface area contributed by atoms with Crippen LogP contribution in [0.5, 0.6) is 17.2 Å². The molecule has 3 saturated carbocycles. The van der Waals surface area contributed by atoms with Crippen LogP contribution in [0.25, 0.3) is 50.2 Å². The van der Waals surface area contributed by atoms with E-state index in [1.165, 1.54) is 18.8 Å². The number of hydrogen-bond acceptors (Lipinski definition) is 29. The highest BCUT2D eigenvalue weighted by Crippen LogP contribution is 2.37. The number of hydrogen-bond donors (Lipinski definition) is 4. The summed E-state index contributed by atoms with van der Waals surface area (Å²) >= 11 is 0. The Bertz CT molecular complexity index is 5850. The van der Waals surface area contributed by atoms with Gasteiger partial charge in [0.05, 0.1) is 60.2 Å². The lowest BCUT2D eigenvalue weighted by Gasteiger charge is -2.36. The summed E-state index contributed by atoms with van der Waals surface area (Å²) < 4.78 is 109. The van der Waals surface area contributed by atoms with Crippen molar-refractivity contribution in [3.05, 3.63) is 128 Å². The number of piperidine rings is 3. The first-order chi connectivity index (χ1) is 64.5. The smallest absolute Gasteiger partial charge is 0.323 e. The second-order valence-electron chi connectivity index (χ2n) is 36.4. The van der Waals surface area contributed by atoms with Crippen LogP contribution >= 0.6 is 0 Å². The van der Waals surface area contributed by atoms with Gasteiger partial charge in [-0.1, -0.05) is 25.1 Å². The van der Waals surface area contributed by atoms with Crippen LogP contribution < -0.4 is 35.5 Å². The van der Waals surface area contributed by atoms with Gasteiger partial charge in [0.25, 0.3) is 0 Å². The van der Waals surface area contributed by atoms with Gasteiger partial charge >= 0.3 is 17.9 Å². The molecule has 3 aliphatic carbocycles. The number of amides is 3. The monoisotopic (exact) mass is 1900 g/mol. The standard InChI is InChI=1S/C34H46N6O6S.C31H42N6O6S.C31H41N5O6S/c1-38-18-4-7-29(38)33(42)46-26-14-19-39(20-15-26)32(41)24-9-11-25(12-10-24)36-34-35-17-13-31(37-34)40-21-16-27-28(40)6-3-8-30(27)45-22-5-23-47(2,43)44;1-32-21-29(38)43-24-12-16-36(17-13-24)30(39)22-7-9-23(10-8-22)34-31-33-15-11-28(35-31)37-18-14-25-26(37)5-3-6-27(25)42-19-4-20-44(2,40)41;1-3-29(37)42-24-13-17-35(18-14-24)30(38)22-8-10-23(11-9-22)33-31-32-16-12-28(34-31)36-19-15-25-26(36)6-4-7-27(25)41-20-5-21-43(2,39)40/h3,6,8,13,16-17,21,24-26,29H,4-5,7,9-12,14-15,18-20,22-23H2,1-2H3,(H,35,36,37);3,5-6,11,14-15,18,22-24,32H,4,7-10,12-13,16-17,19-21H2,1-2H3,(H,33,34,35);4,6-7,12,15-16,19,22-24H,3,5,8-11,13-14,17-18,20-21H2,1-2H3,(H,32,33,34)/t24?,25?,29-;;/m0../s1. The van der Waals surface area contributed by atoms with E-state index in [1.807, 2.05) is 145 Å². The van der Waals surface area contributed by atoms with E-state index in [-0.39, 0.29) is 120 Å². The van der Waals surface area contributed by atoms with E-state index in [0.29, 0.717) is 158 Å². The number of rotatable bonds is 34. The van der Waals surface area contributed by atoms with Crippen LogP contribution in [0.1, 0.15) is 161 Å². The lowest BCUT2D eigenvalue weighted by Crippen LogP contribution is -2.46. The number of likely N-dealkylation sites (tertiary alicyclic amines) is 4. The SMILES string of the molecule is CCC(=O)OC1CCN(C(=O)C2CCC(Nc3nccc(-n4ccc5c(OCCCS(C)(=O)=O)cccc54)n3)CC2)CC1.CN1CCC[C@H]1C(=O)OC1CCN(C(=O)C2CCC(Nc3nccc(-n4ccc5c(OCCCS(C)(=O)=O)cccc54)n3)CC2)CC1.CNCC(=O)OC1CCN(C(=O)C2CCC(Nc3nccc(-n4ccc5c(OCCCS(C)(=O)=O)cccc54)n3)CC2)CC1. The summed E-state index contributed by atoms with van der Waals surface area (Å²) in [6, 6.07) is 29.3. The molecule has 7 fully saturated rings. The number of likely N-dealkylation sites (N-methyl/N-ethyl adjacent to an activating group) is 2. The van der Waals surface area contributed by atoms with E-state index >= 15 is 0 Å². The van der Waals surface area contributed by atoms with E-state index in [9.17, 15) is 54.0 Å². The number of anilines is 3. The van der Waals surface area contributed by atoms with Crippen LogP contribution in [-0.4, -0.2) is 289 Å². The van der Waals surface area contributed by atoms with Gasteiger partial charge in [0.2, 0.25) is 35.6 Å². The molecule has 7 aliphatic rings. The number of aromatic nitrogens is 9. The van der Waals surface area contributed by atoms with Crippen molar-refractivity contribution >= 4 is 116 Å². The highest BCUT2D eigenvalue weighted by Gasteiger charge is 2.38. The molecule has 0 unspecified atom stereocenters. The molecule has 0 bridgehead atoms. The average Bonchev–Trinajstić information content (AvgIpc) is 1.65. The molecule has 4 saturated heterocycles. The zero-order valence-electron chi connectivity index (χ0n) is 77.7. The van der Waals surface area contributed by atoms with Gasteiger partial charge in [0.15, 0.2) is 0 Å². The Morgan fingerprint density at radius 2 is 0.716 bits per heavy atom. The Morgan fingerprint density at radius 3 is 1.01 bits per heavy atom. The molecule has 134 heavy (non-hydrogen) atoms. The molecule has 1 atom stereocenters. The van der Waals surface area contributed by atoms with E-state index < -0.39 is 29.5 Å². The quantitative estimate of drug-likeness (QED) is 0.0165. The van der Waals surface area contributed by atoms with Crippen LogP contribution in [-0.2, 0) is 72.5 Å². The van der Waals surface area contributed by atoms with Crippen LogP contribution in [0.15, 0.2) is 128 Å². The van der Waals surface area contributed by atoms with Gasteiger partial charge in [-0.25, -0.2) is 40.2 Å². The van der Waals surface area contributed by atoms with Crippen LogP contribution in [0.4, 0.5) is 17.8 Å². The molecule has 38 heteroatoms. The minimum Gasteiger partial charge on any atom is -0.493 e. The normalized spacial score (nSPS) is 20.7. The number of nitrogens with zero attached hydrogens (tertiary/aromatic N) is 13. The van der Waals surface area contributed by atoms with Gasteiger partial charge in [-0.05, 0) is 203 Å². The fourth-order valence-corrected chi connectivity index (χ4v) is 20.9. The molecule has 0 spiro atoms. The Balaban J connectivity index is 0.000000161. The maximum absolute atomic E-state index is 13.4. The molecular weight excluding hydrogens is 1780 g/mol. The predicted octanol–water partition coefficient (Wildman–Crippen LogP) is 10.9. The van der Waals surface area contributed by atoms with Gasteiger partial charge < -0.3 is 78.1 Å². The summed E-state index contributed by atoms with van der Waals surface area (Å²) in [6.07, 6.45) is 32.2. The van der Waals surface area contributed by atoms with E-state index in [4.69, 9.17) is 43.4 Å². The summed E-state index contributed by atoms with van der Waals surface area (Å²) in [5.74, 6) is 6.34. The van der Waals surface area contributed by atoms with Gasteiger partial charge in [0, 0.05) is 192 Å². The third kappa shape index (κ3) is 27.6. The van der Waals surface area contributed by atoms with Gasteiger partial charge in [0.1, 0.15) is 88.6 Å². The van der Waals surface area contributed by atoms with Crippen molar-refractivity contribution in [2.45, 2.75) is 204 Å². The van der Waals surface area contributed by atoms with Crippen molar-refractivity contribution in [3.8, 4) is 34.7 Å². The Kier molecular flexibility index (Phi) is 34.3. The van der Waals surface area contributed by atoms with Gasteiger partial charge in [-0.2, -0.15) is 15.0 Å². The molecule has 35 nitrogen and oxygen atoms in total. The van der Waals surface area contributed by atoms with E-state index in [0.717, 1.165) is 147 Å². The lowest BCUT2D eigenvalue weighted by molar-refractivity contribution is -0.157. The number of sulfone groups is 3. The molecule has 724 valence electrons. The number of fused-ring (bicyclic) bond motifs is 3. The van der Waals surface area contributed by atoms with Crippen LogP contribution in [0, 0.1) is 17.8 Å². The second kappa shape index (κ2) is 46.4. The number of carbonyl (C=O) groups is 6. The van der Waals surface area contributed by atoms with E-state index in [2.05, 4.69) is 41.1 Å². The summed E-state index contributed by atoms with van der Waals surface area (Å²) in [6.45, 7) is 7.70. The molecule has 3 aromatic carbocycles. The fourth-order valence-electron chi connectivity index (χ4n) is 19.0. The molecular formula is C96H129N17O18S3. The van der Waals surface area contributed by atoms with Crippen molar-refractivity contribution < 1.29 is 82.4 Å². The summed E-state index contributed by atoms with van der Waals surface area (Å²) in [7, 11) is -5.37. The van der Waals surface area contributed by atoms with Crippen LogP contribution in [0.2, 0.25) is 0 Å². The van der Waals surface area contributed by atoms with Crippen molar-refractivity contribution in [2.75, 3.05) is 138 Å². The fraction of sp³-hybridized carbons (Fsp3) is 0.562. The van der Waals surface area contributed by atoms with Crippen molar-refractivity contribution in [1.82, 2.24) is 68.5 Å². The first-order valence-electron chi connectivity index (χ1n) is 47.4. The van der Waals surface area contributed by atoms with Crippen LogP contribution in [0.3, 0.4) is 0 Å². The van der Waals surface area contributed by atoms with Gasteiger partial charge in [-0.3, -0.25) is 33.7 Å². The summed E-state index contributed by atoms with van der Waals surface area (Å²) in [5.41, 5.74) is 2.78. The molecule has 3 amide bonds. The van der Waals surface area contributed by atoms with E-state index in [1.54, 1.807) is 32.6 Å². The molecule has 10 heterocycles. The minimum atomic E-state index is -3.02. The summed E-state index contributed by atoms with van der Waals surface area (Å²) in [4.78, 5) is 111. The summed E-state index contributed by atoms with van der Waals surface area (Å²) in [5, 5.41) is 16.0. The third-order valence-electron chi connectivity index (χ3n) is 26.3. The number of ether oxygens (including phenoxy) is 6. The average molecular weight is 1910 g/mol. The molecule has 16 rings (SSSR count). The Hall–Kier alpha value is -11.1. The first-order valence-corrected chi connectivity index (χ1v) is 53.5. The largest absolute Gasteiger partial charge is 0.493 e. The first kappa shape index (κ1) is 98.9. The molecule has 9 aromatic rings. The van der Waals surface area contributed by atoms with Crippen molar-refractivity contribution in [2.24, 2.45) is 17.8 Å². The zero-order chi connectivity index (χ0) is 94.5. The number of esters is 3. The lowest BCUT2D eigenvalue weighted by atomic mass is 9.85. The molecule has 4 N–H and O–H groups in total. The Labute approximate surface area is 784 Å². The molecule has 0 radical (unpaired) electrons. The topological polar surface area (TPSA) is 413 Å². The highest BCUT2D eigenvalue weighted by molar-refractivity contribution is 7.91. The van der Waals surface area contributed by atoms with Crippen molar-refractivity contribution in [3.63, 3.8) is 0 Å². The minimum absolute atomic E-state index is 0.0118. The highest BCUT2D eigenvalue weighted by atomic mass is 32.2. The van der Waals surface area contributed by atoms with Crippen molar-refractivity contribution in [1.29, 1.82) is 0 Å². The zero-order valence-corrected chi connectivity index (χ0v) is 80.1. The van der Waals surface area contributed by atoms with Gasteiger partial charge in [-0.15, -0.1) is 0 Å².